The highest BCUT2D eigenvalue weighted by Gasteiger charge is 2.19. The van der Waals surface area contributed by atoms with Gasteiger partial charge in [-0.15, -0.1) is 0 Å². The minimum Gasteiger partial charge on any atom is -0.497 e. The number of methoxy groups -OCH3 is 4. The third-order valence-corrected chi connectivity index (χ3v) is 4.70. The van der Waals surface area contributed by atoms with Crippen LogP contribution in [0.2, 0.25) is 0 Å². The van der Waals surface area contributed by atoms with Crippen LogP contribution in [0.4, 0.5) is 0 Å². The Bertz CT molecular complexity index is 883. The summed E-state index contributed by atoms with van der Waals surface area (Å²) in [6.45, 7) is 0. The molecule has 1 aliphatic carbocycles. The van der Waals surface area contributed by atoms with E-state index in [0.717, 1.165) is 36.3 Å². The normalized spacial score (nSPS) is 14.2. The molecule has 0 fully saturated rings. The van der Waals surface area contributed by atoms with E-state index in [1.54, 1.807) is 19.2 Å². The lowest BCUT2D eigenvalue weighted by Gasteiger charge is -2.18. The Labute approximate surface area is 164 Å². The molecular formula is C21H24N2O5. The molecular weight excluding hydrogens is 360 g/mol. The molecule has 3 rings (SSSR count). The summed E-state index contributed by atoms with van der Waals surface area (Å²) in [7, 11) is 6.18. The van der Waals surface area contributed by atoms with Gasteiger partial charge in [0.1, 0.15) is 5.75 Å². The number of carbonyl (C=O) groups excluding carboxylic acids is 1. The van der Waals surface area contributed by atoms with Gasteiger partial charge < -0.3 is 18.9 Å². The minimum absolute atomic E-state index is 0.354. The third kappa shape index (κ3) is 3.88. The first-order valence-electron chi connectivity index (χ1n) is 8.95. The van der Waals surface area contributed by atoms with Crippen molar-refractivity contribution in [1.29, 1.82) is 0 Å². The molecule has 7 nitrogen and oxygen atoms in total. The molecule has 0 heterocycles. The summed E-state index contributed by atoms with van der Waals surface area (Å²) in [6, 6.07) is 9.09. The Morgan fingerprint density at radius 1 is 0.929 bits per heavy atom. The van der Waals surface area contributed by atoms with Gasteiger partial charge in [-0.1, -0.05) is 0 Å². The van der Waals surface area contributed by atoms with E-state index in [1.807, 2.05) is 18.2 Å². The molecule has 0 bridgehead atoms. The number of hydrogen-bond donors (Lipinski definition) is 1. The maximum absolute atomic E-state index is 12.6. The van der Waals surface area contributed by atoms with Crippen LogP contribution in [-0.4, -0.2) is 40.1 Å². The fourth-order valence-corrected chi connectivity index (χ4v) is 3.28. The average Bonchev–Trinajstić information content (AvgIpc) is 2.75. The van der Waals surface area contributed by atoms with Crippen molar-refractivity contribution in [3.63, 3.8) is 0 Å². The lowest BCUT2D eigenvalue weighted by Crippen LogP contribution is -2.22. The molecule has 0 atom stereocenters. The zero-order chi connectivity index (χ0) is 20.1. The number of rotatable bonds is 6. The number of amides is 1. The minimum atomic E-state index is -0.354. The van der Waals surface area contributed by atoms with Crippen LogP contribution in [-0.2, 0) is 6.42 Å². The van der Waals surface area contributed by atoms with Crippen molar-refractivity contribution >= 4 is 11.6 Å². The molecule has 1 aliphatic rings. The van der Waals surface area contributed by atoms with Crippen molar-refractivity contribution in [3.05, 3.63) is 47.0 Å². The smallest absolute Gasteiger partial charge is 0.271 e. The van der Waals surface area contributed by atoms with Gasteiger partial charge in [0, 0.05) is 11.1 Å². The predicted octanol–water partition coefficient (Wildman–Crippen LogP) is 3.19. The molecule has 0 spiro atoms. The molecule has 7 heteroatoms. The van der Waals surface area contributed by atoms with Gasteiger partial charge in [0.15, 0.2) is 11.5 Å². The van der Waals surface area contributed by atoms with Gasteiger partial charge in [-0.3, -0.25) is 4.79 Å². The van der Waals surface area contributed by atoms with E-state index < -0.39 is 0 Å². The van der Waals surface area contributed by atoms with Crippen molar-refractivity contribution in [3.8, 4) is 23.0 Å². The van der Waals surface area contributed by atoms with Crippen LogP contribution in [0.25, 0.3) is 0 Å². The zero-order valence-electron chi connectivity index (χ0n) is 16.5. The number of ether oxygens (including phenoxy) is 4. The van der Waals surface area contributed by atoms with Crippen molar-refractivity contribution in [1.82, 2.24) is 5.43 Å². The van der Waals surface area contributed by atoms with E-state index in [1.165, 1.54) is 26.9 Å². The second kappa shape index (κ2) is 8.65. The molecule has 0 aromatic heterocycles. The molecule has 148 valence electrons. The molecule has 1 N–H and O–H groups in total. The Morgan fingerprint density at radius 3 is 2.25 bits per heavy atom. The number of benzene rings is 2. The van der Waals surface area contributed by atoms with Crippen molar-refractivity contribution in [2.24, 2.45) is 5.10 Å². The summed E-state index contributed by atoms with van der Waals surface area (Å²) in [4.78, 5) is 12.6. The molecule has 2 aromatic rings. The van der Waals surface area contributed by atoms with Gasteiger partial charge in [0.25, 0.3) is 5.91 Å². The van der Waals surface area contributed by atoms with Crippen molar-refractivity contribution in [2.45, 2.75) is 19.3 Å². The van der Waals surface area contributed by atoms with E-state index in [9.17, 15) is 4.79 Å². The number of hydrogen-bond acceptors (Lipinski definition) is 6. The van der Waals surface area contributed by atoms with Crippen LogP contribution in [0.15, 0.2) is 35.4 Å². The first kappa shape index (κ1) is 19.5. The van der Waals surface area contributed by atoms with E-state index >= 15 is 0 Å². The van der Waals surface area contributed by atoms with Gasteiger partial charge in [-0.05, 0) is 55.2 Å². The van der Waals surface area contributed by atoms with E-state index in [4.69, 9.17) is 18.9 Å². The quantitative estimate of drug-likeness (QED) is 0.774. The van der Waals surface area contributed by atoms with Crippen LogP contribution in [0.3, 0.4) is 0 Å². The number of fused-ring (bicyclic) bond motifs is 1. The van der Waals surface area contributed by atoms with Gasteiger partial charge in [-0.25, -0.2) is 5.43 Å². The fraction of sp³-hybridized carbons (Fsp3) is 0.333. The highest BCUT2D eigenvalue weighted by molar-refractivity contribution is 6.04. The molecule has 0 unspecified atom stereocenters. The van der Waals surface area contributed by atoms with Crippen LogP contribution < -0.4 is 24.4 Å². The molecule has 28 heavy (non-hydrogen) atoms. The molecule has 1 amide bonds. The summed E-state index contributed by atoms with van der Waals surface area (Å²) in [5.74, 6) is 1.72. The summed E-state index contributed by atoms with van der Waals surface area (Å²) in [5, 5.41) is 4.37. The van der Waals surface area contributed by atoms with Gasteiger partial charge in [-0.2, -0.15) is 5.10 Å². The highest BCUT2D eigenvalue weighted by Crippen LogP contribution is 2.38. The Kier molecular flexibility index (Phi) is 6.03. The number of nitrogens with one attached hydrogen (secondary N) is 1. The Balaban J connectivity index is 1.85. The highest BCUT2D eigenvalue weighted by atomic mass is 16.5. The fourth-order valence-electron chi connectivity index (χ4n) is 3.28. The number of nitrogens with zero attached hydrogens (tertiary/aromatic N) is 1. The first-order chi connectivity index (χ1) is 13.6. The molecule has 0 radical (unpaired) electrons. The van der Waals surface area contributed by atoms with Crippen LogP contribution in [0, 0.1) is 0 Å². The van der Waals surface area contributed by atoms with Crippen LogP contribution in [0.1, 0.15) is 34.3 Å². The van der Waals surface area contributed by atoms with Crippen LogP contribution in [0.5, 0.6) is 23.0 Å². The summed E-state index contributed by atoms with van der Waals surface area (Å²) in [6.07, 6.45) is 2.74. The summed E-state index contributed by atoms with van der Waals surface area (Å²) < 4.78 is 21.2. The van der Waals surface area contributed by atoms with Gasteiger partial charge >= 0.3 is 0 Å². The largest absolute Gasteiger partial charge is 0.497 e. The standard InChI is InChI=1S/C21H24N2O5/c1-25-15-8-9-16-13(10-15)6-5-7-17(16)22-23-21(24)14-11-18(26-2)20(28-4)19(12-14)27-3/h8-12H,5-7H2,1-4H3,(H,23,24). The Hall–Kier alpha value is -3.22. The maximum Gasteiger partial charge on any atom is 0.271 e. The van der Waals surface area contributed by atoms with Crippen molar-refractivity contribution < 1.29 is 23.7 Å². The lowest BCUT2D eigenvalue weighted by atomic mass is 9.90. The maximum atomic E-state index is 12.6. The van der Waals surface area contributed by atoms with E-state index in [2.05, 4.69) is 10.5 Å². The summed E-state index contributed by atoms with van der Waals surface area (Å²) >= 11 is 0. The van der Waals surface area contributed by atoms with E-state index in [-0.39, 0.29) is 5.91 Å². The second-order valence-corrected chi connectivity index (χ2v) is 6.29. The van der Waals surface area contributed by atoms with Gasteiger partial charge in [0.05, 0.1) is 34.2 Å². The predicted molar refractivity (Wildman–Crippen MR) is 106 cm³/mol. The van der Waals surface area contributed by atoms with Gasteiger partial charge in [0.2, 0.25) is 5.75 Å². The number of aryl methyl sites for hydroxylation is 1. The third-order valence-electron chi connectivity index (χ3n) is 4.70. The molecule has 2 aromatic carbocycles. The first-order valence-corrected chi connectivity index (χ1v) is 8.95. The number of hydrazone groups is 1. The van der Waals surface area contributed by atoms with Crippen LogP contribution >= 0.6 is 0 Å². The zero-order valence-corrected chi connectivity index (χ0v) is 16.5. The monoisotopic (exact) mass is 384 g/mol. The molecule has 0 saturated carbocycles. The lowest BCUT2D eigenvalue weighted by molar-refractivity contribution is 0.0954. The van der Waals surface area contributed by atoms with E-state index in [0.29, 0.717) is 22.8 Å². The average molecular weight is 384 g/mol. The Morgan fingerprint density at radius 2 is 1.64 bits per heavy atom. The molecule has 0 aliphatic heterocycles. The molecule has 0 saturated heterocycles. The topological polar surface area (TPSA) is 78.4 Å². The number of carbonyl (C=O) groups is 1. The second-order valence-electron chi connectivity index (χ2n) is 6.29. The van der Waals surface area contributed by atoms with Crippen molar-refractivity contribution in [2.75, 3.05) is 28.4 Å². The SMILES string of the molecule is COc1ccc2c(c1)CCCC2=NNC(=O)c1cc(OC)c(OC)c(OC)c1. The summed E-state index contributed by atoms with van der Waals surface area (Å²) in [5.41, 5.74) is 6.07.